The Kier molecular flexibility index (Phi) is 15.3. The van der Waals surface area contributed by atoms with E-state index < -0.39 is 6.10 Å². The molecule has 1 aromatic carbocycles. The molecule has 82 valence electrons. The zero-order valence-electron chi connectivity index (χ0n) is 9.74. The maximum absolute atomic E-state index is 9.47. The third-order valence-electron chi connectivity index (χ3n) is 1.65. The number of aliphatic hydroxyl groups excluding tert-OH is 1. The molecule has 0 aliphatic heterocycles. The van der Waals surface area contributed by atoms with Crippen molar-refractivity contribution in [1.82, 2.24) is 5.32 Å². The molecule has 1 aromatic rings. The summed E-state index contributed by atoms with van der Waals surface area (Å²) in [6.07, 6.45) is -0.554. The van der Waals surface area contributed by atoms with Crippen molar-refractivity contribution in [3.8, 4) is 5.75 Å². The number of nitrogens with one attached hydrogen (secondary N) is 1. The van der Waals surface area contributed by atoms with Crippen molar-refractivity contribution < 1.29 is 66.0 Å². The molecule has 3 N–H and O–H groups in total. The van der Waals surface area contributed by atoms with Gasteiger partial charge in [0.1, 0.15) is 5.75 Å². The van der Waals surface area contributed by atoms with Gasteiger partial charge in [0.2, 0.25) is 0 Å². The number of likely N-dealkylation sites (N-methyl/N-ethyl adjacent to an activating group) is 1. The molecule has 3 nitrogen and oxygen atoms in total. The predicted octanol–water partition coefficient (Wildman–Crippen LogP) is -8.23. The summed E-state index contributed by atoms with van der Waals surface area (Å²) < 4.78 is 0. The molecule has 0 radical (unpaired) electrons. The first-order chi connectivity index (χ1) is 5.74. The number of phenols is 1. The Labute approximate surface area is 126 Å². The smallest absolute Gasteiger partial charge is 1.00 e. The Balaban J connectivity index is -0.000000180. The van der Waals surface area contributed by atoms with Gasteiger partial charge in [0.15, 0.2) is 0 Å². The second-order valence-corrected chi connectivity index (χ2v) is 2.67. The van der Waals surface area contributed by atoms with Crippen LogP contribution < -0.4 is 59.7 Å². The van der Waals surface area contributed by atoms with Gasteiger partial charge in [-0.15, -0.1) is 0 Å². The van der Waals surface area contributed by atoms with Gasteiger partial charge in [-0.3, -0.25) is 0 Å². The molecule has 15 heavy (non-hydrogen) atoms. The molecule has 1 rings (SSSR count). The number of benzene rings is 1. The normalized spacial score (nSPS) is 10.3. The van der Waals surface area contributed by atoms with Crippen LogP contribution in [0.5, 0.6) is 5.75 Å². The zero-order valence-corrected chi connectivity index (χ0v) is 12.3. The second kappa shape index (κ2) is 11.0. The van der Waals surface area contributed by atoms with E-state index in [9.17, 15) is 5.11 Å². The molecule has 0 aromatic heterocycles. The average molecular weight is 262 g/mol. The standard InChI is InChI=1S/C9H13NO2.2ClH.Na/c1-10-6-9(12)7-3-2-4-8(11)5-7;;;/h2-5,9-12H,6H2,1H3;2*1H;/q;;;+1/p-1/t9-;;;/m0.../s1. The fraction of sp³-hybridized carbons (Fsp3) is 0.333. The summed E-state index contributed by atoms with van der Waals surface area (Å²) in [5.41, 5.74) is 0.726. The first-order valence-corrected chi connectivity index (χ1v) is 3.85. The fourth-order valence-electron chi connectivity index (χ4n) is 1.04. The van der Waals surface area contributed by atoms with Crippen molar-refractivity contribution in [3.05, 3.63) is 29.8 Å². The largest absolute Gasteiger partial charge is 1.00 e. The van der Waals surface area contributed by atoms with Gasteiger partial charge in [-0.25, -0.2) is 0 Å². The summed E-state index contributed by atoms with van der Waals surface area (Å²) in [4.78, 5) is 0. The molecule has 6 heteroatoms. The molecule has 0 heterocycles. The summed E-state index contributed by atoms with van der Waals surface area (Å²) in [5.74, 6) is 0.183. The fourth-order valence-corrected chi connectivity index (χ4v) is 1.04. The van der Waals surface area contributed by atoms with Crippen LogP contribution >= 0.6 is 0 Å². The Hall–Kier alpha value is 0.520. The van der Waals surface area contributed by atoms with Gasteiger partial charge in [-0.1, -0.05) is 12.1 Å². The Morgan fingerprint density at radius 1 is 1.40 bits per heavy atom. The molecule has 0 aliphatic rings. The number of halogens is 2. The average Bonchev–Trinajstić information content (AvgIpc) is 2.05. The Bertz CT molecular complexity index is 269. The first kappa shape index (κ1) is 20.9. The Morgan fingerprint density at radius 2 is 2.00 bits per heavy atom. The van der Waals surface area contributed by atoms with E-state index in [1.165, 1.54) is 0 Å². The van der Waals surface area contributed by atoms with Crippen molar-refractivity contribution >= 4 is 0 Å². The molecule has 0 bridgehead atoms. The van der Waals surface area contributed by atoms with Crippen LogP contribution in [-0.2, 0) is 0 Å². The van der Waals surface area contributed by atoms with Crippen molar-refractivity contribution in [3.63, 3.8) is 0 Å². The zero-order chi connectivity index (χ0) is 8.97. The van der Waals surface area contributed by atoms with E-state index in [2.05, 4.69) is 5.32 Å². The molecule has 0 saturated carbocycles. The molecule has 0 amide bonds. The van der Waals surface area contributed by atoms with Crippen LogP contribution in [0.25, 0.3) is 0 Å². The van der Waals surface area contributed by atoms with Gasteiger partial charge in [0, 0.05) is 6.54 Å². The maximum atomic E-state index is 9.47. The molecule has 0 spiro atoms. The minimum Gasteiger partial charge on any atom is -1.00 e. The van der Waals surface area contributed by atoms with Crippen molar-refractivity contribution in [2.24, 2.45) is 0 Å². The third kappa shape index (κ3) is 7.41. The molecule has 1 atom stereocenters. The van der Waals surface area contributed by atoms with E-state index in [0.29, 0.717) is 6.54 Å². The van der Waals surface area contributed by atoms with E-state index in [1.807, 2.05) is 0 Å². The van der Waals surface area contributed by atoms with Crippen LogP contribution in [0.3, 0.4) is 0 Å². The van der Waals surface area contributed by atoms with Gasteiger partial charge in [0.25, 0.3) is 0 Å². The number of hydrogen-bond acceptors (Lipinski definition) is 3. The van der Waals surface area contributed by atoms with E-state index in [-0.39, 0.29) is 61.5 Å². The summed E-state index contributed by atoms with van der Waals surface area (Å²) in [6, 6.07) is 6.63. The van der Waals surface area contributed by atoms with Crippen LogP contribution in [0.4, 0.5) is 0 Å². The van der Waals surface area contributed by atoms with Crippen molar-refractivity contribution in [1.29, 1.82) is 0 Å². The van der Waals surface area contributed by atoms with E-state index in [4.69, 9.17) is 5.11 Å². The van der Waals surface area contributed by atoms with Gasteiger partial charge < -0.3 is 40.3 Å². The van der Waals surface area contributed by atoms with Crippen LogP contribution in [0.1, 0.15) is 13.1 Å². The molecule has 0 saturated heterocycles. The minimum absolute atomic E-state index is 0. The Morgan fingerprint density at radius 3 is 2.47 bits per heavy atom. The number of rotatable bonds is 3. The van der Waals surface area contributed by atoms with Crippen molar-refractivity contribution in [2.75, 3.05) is 13.6 Å². The number of phenolic OH excluding ortho intramolecular Hbond substituents is 1. The van der Waals surface area contributed by atoms with Gasteiger partial charge >= 0.3 is 31.0 Å². The number of aliphatic hydroxyl groups is 1. The number of aromatic hydroxyl groups is 1. The molecule has 0 unspecified atom stereocenters. The van der Waals surface area contributed by atoms with Crippen LogP contribution in [0.15, 0.2) is 24.3 Å². The van der Waals surface area contributed by atoms with Gasteiger partial charge in [0.05, 0.1) is 6.10 Å². The van der Waals surface area contributed by atoms with E-state index >= 15 is 0 Å². The summed E-state index contributed by atoms with van der Waals surface area (Å²) >= 11 is 0. The summed E-state index contributed by atoms with van der Waals surface area (Å²) in [5, 5.41) is 21.4. The SMILES string of the molecule is CNC[C@H](O)c1cccc(O)c1.[Cl-].[Cl-].[H+].[Na+]. The first-order valence-electron chi connectivity index (χ1n) is 3.85. The summed E-state index contributed by atoms with van der Waals surface area (Å²) in [6.45, 7) is 0.490. The number of hydrogen-bond donors (Lipinski definition) is 3. The van der Waals surface area contributed by atoms with Gasteiger partial charge in [-0.2, -0.15) is 0 Å². The molecular formula is C9H14Cl2NNaO2. The third-order valence-corrected chi connectivity index (χ3v) is 1.65. The second-order valence-electron chi connectivity index (χ2n) is 2.67. The van der Waals surface area contributed by atoms with Crippen LogP contribution in [0, 0.1) is 0 Å². The molecule has 0 fully saturated rings. The maximum Gasteiger partial charge on any atom is 1.00 e. The van der Waals surface area contributed by atoms with Gasteiger partial charge in [-0.05, 0) is 24.7 Å². The molecule has 0 aliphatic carbocycles. The van der Waals surface area contributed by atoms with Crippen LogP contribution in [0.2, 0.25) is 0 Å². The van der Waals surface area contributed by atoms with E-state index in [1.54, 1.807) is 31.3 Å². The van der Waals surface area contributed by atoms with Crippen molar-refractivity contribution in [2.45, 2.75) is 6.10 Å². The van der Waals surface area contributed by atoms with Crippen LogP contribution in [-0.4, -0.2) is 23.8 Å². The topological polar surface area (TPSA) is 52.5 Å². The predicted molar refractivity (Wildman–Crippen MR) is 48.1 cm³/mol. The molecular weight excluding hydrogens is 248 g/mol. The summed E-state index contributed by atoms with van der Waals surface area (Å²) in [7, 11) is 1.77. The monoisotopic (exact) mass is 261 g/mol. The quantitative estimate of drug-likeness (QED) is 0.474. The minimum atomic E-state index is -0.554. The van der Waals surface area contributed by atoms with E-state index in [0.717, 1.165) is 5.56 Å².